The third-order valence-electron chi connectivity index (χ3n) is 3.15. The Balaban J connectivity index is 2.35. The van der Waals surface area contributed by atoms with Crippen LogP contribution in [0.2, 0.25) is 0 Å². The number of amides is 1. The maximum absolute atomic E-state index is 13.0. The minimum Gasteiger partial charge on any atom is -0.488 e. The summed E-state index contributed by atoms with van der Waals surface area (Å²) in [5.74, 6) is -0.539. The van der Waals surface area contributed by atoms with Crippen LogP contribution in [0.25, 0.3) is 6.08 Å². The molecule has 0 fully saturated rings. The molecule has 7 heteroatoms. The Morgan fingerprint density at radius 3 is 2.62 bits per heavy atom. The Morgan fingerprint density at radius 1 is 1.31 bits per heavy atom. The summed E-state index contributed by atoms with van der Waals surface area (Å²) in [5.41, 5.74) is 0.804. The molecule has 0 saturated carbocycles. The van der Waals surface area contributed by atoms with Crippen molar-refractivity contribution in [2.75, 3.05) is 11.9 Å². The lowest BCUT2D eigenvalue weighted by atomic mass is 10.1. The van der Waals surface area contributed by atoms with E-state index in [9.17, 15) is 14.4 Å². The smallest absolute Gasteiger partial charge is 0.266 e. The fraction of sp³-hybridized carbons (Fsp3) is 0.0526. The van der Waals surface area contributed by atoms with Gasteiger partial charge in [-0.1, -0.05) is 28.6 Å². The number of nitriles is 1. The van der Waals surface area contributed by atoms with Crippen molar-refractivity contribution in [3.05, 3.63) is 75.0 Å². The van der Waals surface area contributed by atoms with E-state index in [1.54, 1.807) is 18.2 Å². The number of rotatable bonds is 6. The van der Waals surface area contributed by atoms with Gasteiger partial charge in [0.15, 0.2) is 0 Å². The largest absolute Gasteiger partial charge is 0.488 e. The molecule has 0 radical (unpaired) electrons. The molecule has 0 bridgehead atoms. The number of benzene rings is 2. The summed E-state index contributed by atoms with van der Waals surface area (Å²) in [4.78, 5) is 12.4. The molecule has 2 rings (SSSR count). The number of hydrogen-bond acceptors (Lipinski definition) is 3. The van der Waals surface area contributed by atoms with E-state index >= 15 is 0 Å². The van der Waals surface area contributed by atoms with Crippen LogP contribution in [-0.4, -0.2) is 12.5 Å². The Bertz CT molecular complexity index is 903. The molecule has 26 heavy (non-hydrogen) atoms. The standard InChI is InChI=1S/C19H13Br2FN2O2/c1-2-7-26-18-12(9-14(20)10-17(18)21)8-13(11-23)19(25)24-16-5-3-15(22)4-6-16/h2-6,8-10H,1,7H2,(H,24,25)/b13-8+. The van der Waals surface area contributed by atoms with Crippen molar-refractivity contribution in [1.29, 1.82) is 5.26 Å². The molecule has 132 valence electrons. The van der Waals surface area contributed by atoms with Crippen molar-refractivity contribution < 1.29 is 13.9 Å². The van der Waals surface area contributed by atoms with Gasteiger partial charge >= 0.3 is 0 Å². The van der Waals surface area contributed by atoms with Gasteiger partial charge < -0.3 is 10.1 Å². The number of carbonyl (C=O) groups excluding carboxylic acids is 1. The first-order valence-electron chi connectivity index (χ1n) is 7.36. The second-order valence-corrected chi connectivity index (χ2v) is 6.81. The van der Waals surface area contributed by atoms with E-state index in [4.69, 9.17) is 4.74 Å². The summed E-state index contributed by atoms with van der Waals surface area (Å²) in [7, 11) is 0. The van der Waals surface area contributed by atoms with Gasteiger partial charge in [-0.25, -0.2) is 4.39 Å². The lowest BCUT2D eigenvalue weighted by molar-refractivity contribution is -0.112. The van der Waals surface area contributed by atoms with Gasteiger partial charge in [0.2, 0.25) is 0 Å². The van der Waals surface area contributed by atoms with Crippen LogP contribution in [0, 0.1) is 17.1 Å². The van der Waals surface area contributed by atoms with Crippen molar-refractivity contribution in [3.8, 4) is 11.8 Å². The molecule has 0 heterocycles. The Labute approximate surface area is 167 Å². The average molecular weight is 480 g/mol. The Hall–Kier alpha value is -2.43. The predicted molar refractivity (Wildman–Crippen MR) is 106 cm³/mol. The highest BCUT2D eigenvalue weighted by atomic mass is 79.9. The zero-order valence-corrected chi connectivity index (χ0v) is 16.6. The van der Waals surface area contributed by atoms with Crippen LogP contribution in [-0.2, 0) is 4.79 Å². The van der Waals surface area contributed by atoms with Gasteiger partial charge in [0, 0.05) is 15.7 Å². The molecule has 1 N–H and O–H groups in total. The average Bonchev–Trinajstić information content (AvgIpc) is 2.60. The first kappa shape index (κ1) is 19.9. The summed E-state index contributed by atoms with van der Waals surface area (Å²) >= 11 is 6.77. The van der Waals surface area contributed by atoms with Crippen molar-refractivity contribution in [1.82, 2.24) is 0 Å². The minimum atomic E-state index is -0.607. The van der Waals surface area contributed by atoms with Crippen LogP contribution in [0.1, 0.15) is 5.56 Å². The predicted octanol–water partition coefficient (Wildman–Crippen LogP) is 5.46. The molecule has 4 nitrogen and oxygen atoms in total. The fourth-order valence-corrected chi connectivity index (χ4v) is 3.39. The first-order valence-corrected chi connectivity index (χ1v) is 8.94. The van der Waals surface area contributed by atoms with E-state index in [1.165, 1.54) is 30.3 Å². The second kappa shape index (κ2) is 9.32. The molecule has 2 aromatic rings. The van der Waals surface area contributed by atoms with E-state index in [2.05, 4.69) is 43.8 Å². The number of nitrogens with zero attached hydrogens (tertiary/aromatic N) is 1. The van der Waals surface area contributed by atoms with Crippen LogP contribution < -0.4 is 10.1 Å². The topological polar surface area (TPSA) is 62.1 Å². The monoisotopic (exact) mass is 478 g/mol. The van der Waals surface area contributed by atoms with Crippen molar-refractivity contribution in [2.24, 2.45) is 0 Å². The molecule has 0 atom stereocenters. The molecule has 0 aliphatic rings. The van der Waals surface area contributed by atoms with Gasteiger partial charge in [-0.2, -0.15) is 5.26 Å². The first-order chi connectivity index (χ1) is 12.4. The maximum atomic E-state index is 13.0. The summed E-state index contributed by atoms with van der Waals surface area (Å²) in [6.45, 7) is 3.87. The Kier molecular flexibility index (Phi) is 7.13. The van der Waals surface area contributed by atoms with E-state index in [0.717, 1.165) is 4.47 Å². The highest BCUT2D eigenvalue weighted by Gasteiger charge is 2.14. The van der Waals surface area contributed by atoms with Crippen molar-refractivity contribution >= 4 is 49.5 Å². The Morgan fingerprint density at radius 2 is 2.00 bits per heavy atom. The van der Waals surface area contributed by atoms with Gasteiger partial charge in [-0.15, -0.1) is 0 Å². The van der Waals surface area contributed by atoms with E-state index < -0.39 is 11.7 Å². The zero-order chi connectivity index (χ0) is 19.1. The van der Waals surface area contributed by atoms with Crippen LogP contribution in [0.5, 0.6) is 5.75 Å². The lowest BCUT2D eigenvalue weighted by Gasteiger charge is -2.11. The zero-order valence-electron chi connectivity index (χ0n) is 13.4. The SMILES string of the molecule is C=CCOc1c(Br)cc(Br)cc1/C=C(\C#N)C(=O)Nc1ccc(F)cc1. The third-order valence-corrected chi connectivity index (χ3v) is 4.20. The van der Waals surface area contributed by atoms with Crippen LogP contribution in [0.15, 0.2) is 63.6 Å². The molecular weight excluding hydrogens is 467 g/mol. The summed E-state index contributed by atoms with van der Waals surface area (Å²) in [6.07, 6.45) is 3.02. The summed E-state index contributed by atoms with van der Waals surface area (Å²) in [5, 5.41) is 11.9. The molecule has 1 amide bonds. The molecule has 0 saturated heterocycles. The van der Waals surface area contributed by atoms with Gasteiger partial charge in [-0.3, -0.25) is 4.79 Å². The third kappa shape index (κ3) is 5.28. The number of ether oxygens (including phenoxy) is 1. The van der Waals surface area contributed by atoms with E-state index in [1.807, 2.05) is 6.07 Å². The van der Waals surface area contributed by atoms with Gasteiger partial charge in [-0.05, 0) is 58.4 Å². The van der Waals surface area contributed by atoms with Crippen LogP contribution in [0.4, 0.5) is 10.1 Å². The number of anilines is 1. The molecule has 0 aromatic heterocycles. The quantitative estimate of drug-likeness (QED) is 0.340. The van der Waals surface area contributed by atoms with Gasteiger partial charge in [0.1, 0.15) is 29.8 Å². The number of carbonyl (C=O) groups is 1. The molecule has 0 aliphatic heterocycles. The van der Waals surface area contributed by atoms with E-state index in [-0.39, 0.29) is 12.2 Å². The molecule has 0 spiro atoms. The van der Waals surface area contributed by atoms with Gasteiger partial charge in [0.25, 0.3) is 5.91 Å². The van der Waals surface area contributed by atoms with Gasteiger partial charge in [0.05, 0.1) is 4.47 Å². The highest BCUT2D eigenvalue weighted by Crippen LogP contribution is 2.34. The normalized spacial score (nSPS) is 10.8. The molecule has 0 unspecified atom stereocenters. The summed E-state index contributed by atoms with van der Waals surface area (Å²) < 4.78 is 20.0. The fourth-order valence-electron chi connectivity index (χ4n) is 2.02. The summed E-state index contributed by atoms with van der Waals surface area (Å²) in [6, 6.07) is 10.7. The van der Waals surface area contributed by atoms with E-state index in [0.29, 0.717) is 21.5 Å². The van der Waals surface area contributed by atoms with Crippen molar-refractivity contribution in [3.63, 3.8) is 0 Å². The lowest BCUT2D eigenvalue weighted by Crippen LogP contribution is -2.13. The maximum Gasteiger partial charge on any atom is 0.266 e. The van der Waals surface area contributed by atoms with Crippen molar-refractivity contribution in [2.45, 2.75) is 0 Å². The number of halogens is 3. The second-order valence-electron chi connectivity index (χ2n) is 5.04. The highest BCUT2D eigenvalue weighted by molar-refractivity contribution is 9.11. The van der Waals surface area contributed by atoms with Crippen LogP contribution in [0.3, 0.4) is 0 Å². The number of hydrogen-bond donors (Lipinski definition) is 1. The molecule has 2 aromatic carbocycles. The number of nitrogens with one attached hydrogen (secondary N) is 1. The molecular formula is C19H13Br2FN2O2. The van der Waals surface area contributed by atoms with Crippen LogP contribution >= 0.6 is 31.9 Å². The minimum absolute atomic E-state index is 0.122. The molecule has 0 aliphatic carbocycles.